The summed E-state index contributed by atoms with van der Waals surface area (Å²) in [6.07, 6.45) is 5.33. The molecule has 0 spiro atoms. The Morgan fingerprint density at radius 2 is 2.00 bits per heavy atom. The maximum atomic E-state index is 11.9. The number of anilines is 2. The van der Waals surface area contributed by atoms with Crippen LogP contribution < -0.4 is 21.3 Å². The van der Waals surface area contributed by atoms with Crippen molar-refractivity contribution in [2.45, 2.75) is 39.3 Å². The average Bonchev–Trinajstić information content (AvgIpc) is 3.37. The van der Waals surface area contributed by atoms with Gasteiger partial charge in [-0.1, -0.05) is 18.2 Å². The molecule has 4 N–H and O–H groups in total. The smallest absolute Gasteiger partial charge is 0.326 e. The van der Waals surface area contributed by atoms with Crippen LogP contribution in [0.4, 0.5) is 16.7 Å². The van der Waals surface area contributed by atoms with Crippen molar-refractivity contribution in [2.24, 2.45) is 0 Å². The van der Waals surface area contributed by atoms with E-state index in [0.717, 1.165) is 18.4 Å². The zero-order valence-electron chi connectivity index (χ0n) is 17.2. The molecule has 3 aromatic rings. The highest BCUT2D eigenvalue weighted by atomic mass is 16.2. The SMILES string of the molecule is Cc1ccc(CNc2nc(NC3CC3)n3ncc(/C=C4/NC(=O)NC4=O)c3n2)cc1C. The molecule has 10 heteroatoms. The molecule has 1 aliphatic heterocycles. The Bertz CT molecular complexity index is 1240. The number of urea groups is 1. The highest BCUT2D eigenvalue weighted by Crippen LogP contribution is 2.26. The molecule has 2 fully saturated rings. The summed E-state index contributed by atoms with van der Waals surface area (Å²) in [5, 5.41) is 15.7. The number of nitrogens with one attached hydrogen (secondary N) is 4. The minimum atomic E-state index is -0.547. The number of fused-ring (bicyclic) bond motifs is 1. The second-order valence-corrected chi connectivity index (χ2v) is 7.86. The van der Waals surface area contributed by atoms with E-state index in [4.69, 9.17) is 0 Å². The van der Waals surface area contributed by atoms with Crippen molar-refractivity contribution in [2.75, 3.05) is 10.6 Å². The molecule has 0 atom stereocenters. The van der Waals surface area contributed by atoms with Crippen LogP contribution in [-0.2, 0) is 11.3 Å². The molecule has 1 aliphatic carbocycles. The third-order valence-electron chi connectivity index (χ3n) is 5.35. The fourth-order valence-corrected chi connectivity index (χ4v) is 3.31. The van der Waals surface area contributed by atoms with Crippen molar-refractivity contribution < 1.29 is 9.59 Å². The molecule has 0 radical (unpaired) electrons. The van der Waals surface area contributed by atoms with Gasteiger partial charge in [-0.3, -0.25) is 10.1 Å². The van der Waals surface area contributed by atoms with Gasteiger partial charge in [-0.2, -0.15) is 19.6 Å². The number of hydrogen-bond acceptors (Lipinski definition) is 7. The molecule has 158 valence electrons. The van der Waals surface area contributed by atoms with Crippen LogP contribution >= 0.6 is 0 Å². The second kappa shape index (κ2) is 7.38. The number of aromatic nitrogens is 4. The van der Waals surface area contributed by atoms with E-state index in [0.29, 0.717) is 35.7 Å². The average molecular weight is 418 g/mol. The van der Waals surface area contributed by atoms with Crippen LogP contribution in [0.5, 0.6) is 0 Å². The van der Waals surface area contributed by atoms with Crippen LogP contribution in [0.3, 0.4) is 0 Å². The number of carbonyl (C=O) groups excluding carboxylic acids is 2. The molecular formula is C21H22N8O2. The van der Waals surface area contributed by atoms with E-state index in [9.17, 15) is 9.59 Å². The fourth-order valence-electron chi connectivity index (χ4n) is 3.31. The van der Waals surface area contributed by atoms with Crippen molar-refractivity contribution in [3.05, 3.63) is 52.3 Å². The molecule has 1 saturated carbocycles. The highest BCUT2D eigenvalue weighted by molar-refractivity contribution is 6.14. The van der Waals surface area contributed by atoms with Crippen LogP contribution in [0, 0.1) is 13.8 Å². The van der Waals surface area contributed by atoms with E-state index in [2.05, 4.69) is 68.4 Å². The predicted molar refractivity (Wildman–Crippen MR) is 115 cm³/mol. The molecule has 10 nitrogen and oxygen atoms in total. The van der Waals surface area contributed by atoms with E-state index in [1.807, 2.05) is 0 Å². The summed E-state index contributed by atoms with van der Waals surface area (Å²) in [5.41, 5.74) is 4.89. The lowest BCUT2D eigenvalue weighted by atomic mass is 10.1. The first-order valence-electron chi connectivity index (χ1n) is 10.1. The van der Waals surface area contributed by atoms with Gasteiger partial charge >= 0.3 is 6.03 Å². The zero-order valence-corrected chi connectivity index (χ0v) is 17.2. The number of carbonyl (C=O) groups is 2. The fraction of sp³-hybridized carbons (Fsp3) is 0.286. The van der Waals surface area contributed by atoms with Gasteiger partial charge in [0.1, 0.15) is 5.70 Å². The lowest BCUT2D eigenvalue weighted by Crippen LogP contribution is -2.22. The molecule has 3 heterocycles. The van der Waals surface area contributed by atoms with Gasteiger partial charge in [-0.25, -0.2) is 4.79 Å². The molecule has 0 unspecified atom stereocenters. The highest BCUT2D eigenvalue weighted by Gasteiger charge is 2.25. The zero-order chi connectivity index (χ0) is 21.5. The lowest BCUT2D eigenvalue weighted by Gasteiger charge is -2.11. The molecule has 5 rings (SSSR count). The topological polar surface area (TPSA) is 125 Å². The standard InChI is InChI=1S/C21H22N8O2/c1-11-3-4-13(7-12(11)2)9-22-19-26-17-14(8-16-18(30)27-21(31)25-16)10-23-29(17)20(28-19)24-15-5-6-15/h3-4,7-8,10,15H,5-6,9H2,1-2H3,(H2,22,24,26,28)(H2,25,27,30,31)/b16-8+. The number of benzene rings is 1. The Kier molecular flexibility index (Phi) is 4.54. The third kappa shape index (κ3) is 3.91. The number of imide groups is 1. The minimum Gasteiger partial charge on any atom is -0.351 e. The van der Waals surface area contributed by atoms with Gasteiger partial charge in [-0.15, -0.1) is 0 Å². The molecule has 1 aromatic carbocycles. The number of amides is 3. The van der Waals surface area contributed by atoms with Gasteiger partial charge in [0.05, 0.1) is 6.20 Å². The summed E-state index contributed by atoms with van der Waals surface area (Å²) in [6.45, 7) is 4.74. The van der Waals surface area contributed by atoms with E-state index in [1.165, 1.54) is 11.1 Å². The maximum Gasteiger partial charge on any atom is 0.326 e. The van der Waals surface area contributed by atoms with Gasteiger partial charge < -0.3 is 16.0 Å². The van der Waals surface area contributed by atoms with E-state index in [-0.39, 0.29) is 5.70 Å². The molecule has 2 aliphatic rings. The van der Waals surface area contributed by atoms with Crippen LogP contribution in [0.2, 0.25) is 0 Å². The molecule has 31 heavy (non-hydrogen) atoms. The summed E-state index contributed by atoms with van der Waals surface area (Å²) in [5.74, 6) is 0.552. The summed E-state index contributed by atoms with van der Waals surface area (Å²) in [4.78, 5) is 32.5. The van der Waals surface area contributed by atoms with Gasteiger partial charge in [0.25, 0.3) is 5.91 Å². The summed E-state index contributed by atoms with van der Waals surface area (Å²) in [7, 11) is 0. The van der Waals surface area contributed by atoms with Crippen molar-refractivity contribution in [1.29, 1.82) is 0 Å². The molecule has 0 bridgehead atoms. The largest absolute Gasteiger partial charge is 0.351 e. The Hall–Kier alpha value is -3.95. The normalized spacial score (nSPS) is 17.2. The first-order chi connectivity index (χ1) is 15.0. The first-order valence-corrected chi connectivity index (χ1v) is 10.1. The maximum absolute atomic E-state index is 11.9. The summed E-state index contributed by atoms with van der Waals surface area (Å²) in [6, 6.07) is 6.14. The van der Waals surface area contributed by atoms with Crippen LogP contribution in [-0.4, -0.2) is 37.6 Å². The van der Waals surface area contributed by atoms with E-state index < -0.39 is 11.9 Å². The number of nitrogens with zero attached hydrogens (tertiary/aromatic N) is 4. The van der Waals surface area contributed by atoms with Crippen LogP contribution in [0.1, 0.15) is 35.1 Å². The lowest BCUT2D eigenvalue weighted by molar-refractivity contribution is -0.115. The predicted octanol–water partition coefficient (Wildman–Crippen LogP) is 2.11. The van der Waals surface area contributed by atoms with Crippen molar-refractivity contribution >= 4 is 35.6 Å². The van der Waals surface area contributed by atoms with Gasteiger partial charge in [0.2, 0.25) is 11.9 Å². The van der Waals surface area contributed by atoms with E-state index in [1.54, 1.807) is 16.8 Å². The molecular weight excluding hydrogens is 396 g/mol. The summed E-state index contributed by atoms with van der Waals surface area (Å²) < 4.78 is 1.61. The Morgan fingerprint density at radius 3 is 2.71 bits per heavy atom. The van der Waals surface area contributed by atoms with Crippen molar-refractivity contribution in [1.82, 2.24) is 30.2 Å². The van der Waals surface area contributed by atoms with Gasteiger partial charge in [0.15, 0.2) is 5.65 Å². The van der Waals surface area contributed by atoms with E-state index >= 15 is 0 Å². The Labute approximate surface area is 178 Å². The van der Waals surface area contributed by atoms with Crippen molar-refractivity contribution in [3.63, 3.8) is 0 Å². The molecule has 3 amide bonds. The number of aryl methyl sites for hydroxylation is 2. The van der Waals surface area contributed by atoms with Crippen LogP contribution in [0.25, 0.3) is 11.7 Å². The number of hydrogen-bond donors (Lipinski definition) is 4. The minimum absolute atomic E-state index is 0.153. The van der Waals surface area contributed by atoms with Gasteiger partial charge in [-0.05, 0) is 49.5 Å². The van der Waals surface area contributed by atoms with Gasteiger partial charge in [0, 0.05) is 18.2 Å². The summed E-state index contributed by atoms with van der Waals surface area (Å²) >= 11 is 0. The quantitative estimate of drug-likeness (QED) is 0.357. The third-order valence-corrected chi connectivity index (χ3v) is 5.35. The number of rotatable bonds is 6. The second-order valence-electron chi connectivity index (χ2n) is 7.86. The van der Waals surface area contributed by atoms with Crippen molar-refractivity contribution in [3.8, 4) is 0 Å². The first kappa shape index (κ1) is 19.0. The Morgan fingerprint density at radius 1 is 1.16 bits per heavy atom. The van der Waals surface area contributed by atoms with Crippen LogP contribution in [0.15, 0.2) is 30.1 Å². The monoisotopic (exact) mass is 418 g/mol. The Balaban J connectivity index is 1.48. The molecule has 2 aromatic heterocycles. The molecule has 1 saturated heterocycles.